The first kappa shape index (κ1) is 31.4. The summed E-state index contributed by atoms with van der Waals surface area (Å²) < 4.78 is 44.9. The number of H-pyrrole nitrogens is 2. The fourth-order valence-electron chi connectivity index (χ4n) is 5.99. The Morgan fingerprint density at radius 2 is 1.54 bits per heavy atom. The minimum absolute atomic E-state index is 0.117. The smallest absolute Gasteiger partial charge is 0.416 e. The number of ether oxygens (including phenoxy) is 1. The van der Waals surface area contributed by atoms with Crippen molar-refractivity contribution in [2.24, 2.45) is 0 Å². The number of benzene rings is 4. The van der Waals surface area contributed by atoms with E-state index in [1.807, 2.05) is 48.5 Å². The maximum atomic E-state index is 13.0. The molecule has 1 unspecified atom stereocenters. The highest BCUT2D eigenvalue weighted by Crippen LogP contribution is 2.35. The number of hydrogen-bond acceptors (Lipinski definition) is 3. The zero-order valence-corrected chi connectivity index (χ0v) is 25.8. The van der Waals surface area contributed by atoms with Crippen LogP contribution in [0.1, 0.15) is 74.8 Å². The second-order valence-electron chi connectivity index (χ2n) is 11.8. The molecule has 0 aliphatic heterocycles. The molecule has 0 aliphatic rings. The van der Waals surface area contributed by atoms with Crippen molar-refractivity contribution in [3.8, 4) is 28.3 Å². The predicted molar refractivity (Wildman–Crippen MR) is 178 cm³/mol. The van der Waals surface area contributed by atoms with Crippen molar-refractivity contribution < 1.29 is 23.0 Å². The standard InChI is InChI=1S/C38H38F3N3O2/c1-2-3-4-5-6-7-15-35(45)27-12-10-11-25(22-27)26-16-21-32-33(23-26)44-37(43-32)36-30-13-8-9-14-31(30)42-34(36)24-46-29-19-17-28(18-20-29)38(39,40)41/h8-14,16-23,35,42,45H,2-7,15,24H2,1H3,(H,43,44). The van der Waals surface area contributed by atoms with Gasteiger partial charge in [0.05, 0.1) is 28.4 Å². The van der Waals surface area contributed by atoms with Crippen molar-refractivity contribution in [2.75, 3.05) is 0 Å². The molecule has 0 spiro atoms. The minimum atomic E-state index is -4.40. The molecule has 0 aliphatic carbocycles. The summed E-state index contributed by atoms with van der Waals surface area (Å²) in [6.45, 7) is 2.33. The van der Waals surface area contributed by atoms with Gasteiger partial charge in [-0.15, -0.1) is 0 Å². The van der Waals surface area contributed by atoms with Crippen LogP contribution in [0.5, 0.6) is 5.75 Å². The third-order valence-corrected chi connectivity index (χ3v) is 8.50. The quantitative estimate of drug-likeness (QED) is 0.112. The molecule has 0 amide bonds. The van der Waals surface area contributed by atoms with Gasteiger partial charge in [-0.3, -0.25) is 0 Å². The van der Waals surface area contributed by atoms with Crippen LogP contribution in [0.2, 0.25) is 0 Å². The molecule has 0 radical (unpaired) electrons. The number of imidazole rings is 1. The third-order valence-electron chi connectivity index (χ3n) is 8.50. The van der Waals surface area contributed by atoms with Gasteiger partial charge in [0.25, 0.3) is 0 Å². The van der Waals surface area contributed by atoms with Gasteiger partial charge in [-0.05, 0) is 71.6 Å². The van der Waals surface area contributed by atoms with E-state index in [-0.39, 0.29) is 6.61 Å². The minimum Gasteiger partial charge on any atom is -0.487 e. The Kier molecular flexibility index (Phi) is 9.45. The van der Waals surface area contributed by atoms with Crippen molar-refractivity contribution in [1.29, 1.82) is 0 Å². The number of hydrogen-bond donors (Lipinski definition) is 3. The van der Waals surface area contributed by atoms with Gasteiger partial charge in [0.1, 0.15) is 18.2 Å². The Labute approximate surface area is 266 Å². The predicted octanol–water partition coefficient (Wildman–Crippen LogP) is 10.8. The van der Waals surface area contributed by atoms with E-state index in [0.717, 1.165) is 81.3 Å². The Hall–Kier alpha value is -4.56. The van der Waals surface area contributed by atoms with E-state index >= 15 is 0 Å². The second kappa shape index (κ2) is 13.8. The van der Waals surface area contributed by atoms with Crippen molar-refractivity contribution in [1.82, 2.24) is 15.0 Å². The molecule has 6 aromatic rings. The summed E-state index contributed by atoms with van der Waals surface area (Å²) in [6, 6.07) is 26.7. The fourth-order valence-corrected chi connectivity index (χ4v) is 5.99. The molecule has 238 valence electrons. The molecule has 0 bridgehead atoms. The molecule has 8 heteroatoms. The number of fused-ring (bicyclic) bond motifs is 2. The largest absolute Gasteiger partial charge is 0.487 e. The van der Waals surface area contributed by atoms with Crippen LogP contribution in [-0.2, 0) is 12.8 Å². The number of rotatable bonds is 13. The van der Waals surface area contributed by atoms with Gasteiger partial charge in [0, 0.05) is 16.5 Å². The summed E-state index contributed by atoms with van der Waals surface area (Å²) in [7, 11) is 0. The Morgan fingerprint density at radius 1 is 0.783 bits per heavy atom. The van der Waals surface area contributed by atoms with Crippen molar-refractivity contribution in [3.05, 3.63) is 108 Å². The number of alkyl halides is 3. The van der Waals surface area contributed by atoms with Gasteiger partial charge in [0.15, 0.2) is 0 Å². The summed E-state index contributed by atoms with van der Waals surface area (Å²) in [4.78, 5) is 11.8. The number of aromatic nitrogens is 3. The molecule has 46 heavy (non-hydrogen) atoms. The summed E-state index contributed by atoms with van der Waals surface area (Å²) in [5.41, 5.74) is 6.42. The highest BCUT2D eigenvalue weighted by Gasteiger charge is 2.30. The van der Waals surface area contributed by atoms with Crippen LogP contribution in [0.3, 0.4) is 0 Å². The molecule has 5 nitrogen and oxygen atoms in total. The normalized spacial score (nSPS) is 12.6. The van der Waals surface area contributed by atoms with E-state index in [2.05, 4.69) is 35.1 Å². The van der Waals surface area contributed by atoms with Gasteiger partial charge in [-0.25, -0.2) is 4.98 Å². The van der Waals surface area contributed by atoms with E-state index in [4.69, 9.17) is 9.72 Å². The summed E-state index contributed by atoms with van der Waals surface area (Å²) in [5, 5.41) is 11.8. The summed E-state index contributed by atoms with van der Waals surface area (Å²) in [5.74, 6) is 1.00. The van der Waals surface area contributed by atoms with E-state index in [9.17, 15) is 18.3 Å². The fraction of sp³-hybridized carbons (Fsp3) is 0.289. The molecule has 0 saturated heterocycles. The molecule has 6 rings (SSSR count). The molecule has 2 heterocycles. The third kappa shape index (κ3) is 7.12. The van der Waals surface area contributed by atoms with Crippen LogP contribution < -0.4 is 4.74 Å². The van der Waals surface area contributed by atoms with E-state index in [1.165, 1.54) is 37.8 Å². The van der Waals surface area contributed by atoms with E-state index in [0.29, 0.717) is 11.6 Å². The van der Waals surface area contributed by atoms with Gasteiger partial charge < -0.3 is 19.8 Å². The average Bonchev–Trinajstić information content (AvgIpc) is 3.65. The lowest BCUT2D eigenvalue weighted by molar-refractivity contribution is -0.137. The van der Waals surface area contributed by atoms with Crippen LogP contribution in [0.4, 0.5) is 13.2 Å². The first-order valence-corrected chi connectivity index (χ1v) is 16.0. The molecule has 3 N–H and O–H groups in total. The van der Waals surface area contributed by atoms with Crippen molar-refractivity contribution >= 4 is 21.9 Å². The zero-order valence-electron chi connectivity index (χ0n) is 25.8. The first-order valence-electron chi connectivity index (χ1n) is 16.0. The SMILES string of the molecule is CCCCCCCCC(O)c1cccc(-c2ccc3nc(-c4c(COc5ccc(C(F)(F)F)cc5)[nH]c5ccccc45)[nH]c3c2)c1. The molecular formula is C38H38F3N3O2. The molecule has 1 atom stereocenters. The van der Waals surface area contributed by atoms with Gasteiger partial charge in [0.2, 0.25) is 0 Å². The lowest BCUT2D eigenvalue weighted by Crippen LogP contribution is -2.04. The molecule has 4 aromatic carbocycles. The highest BCUT2D eigenvalue weighted by atomic mass is 19.4. The summed E-state index contributed by atoms with van der Waals surface area (Å²) >= 11 is 0. The van der Waals surface area contributed by atoms with Crippen LogP contribution >= 0.6 is 0 Å². The number of nitrogens with zero attached hydrogens (tertiary/aromatic N) is 1. The second-order valence-corrected chi connectivity index (χ2v) is 11.8. The maximum Gasteiger partial charge on any atom is 0.416 e. The monoisotopic (exact) mass is 625 g/mol. The van der Waals surface area contributed by atoms with E-state index in [1.54, 1.807) is 0 Å². The number of unbranched alkanes of at least 4 members (excludes halogenated alkanes) is 5. The molecule has 0 fully saturated rings. The average molecular weight is 626 g/mol. The Morgan fingerprint density at radius 3 is 2.35 bits per heavy atom. The lowest BCUT2D eigenvalue weighted by atomic mass is 9.97. The van der Waals surface area contributed by atoms with Crippen molar-refractivity contribution in [2.45, 2.75) is 70.8 Å². The topological polar surface area (TPSA) is 73.9 Å². The number of aliphatic hydroxyl groups excluding tert-OH is 1. The maximum absolute atomic E-state index is 13.0. The number of aliphatic hydroxyl groups is 1. The van der Waals surface area contributed by atoms with Crippen LogP contribution in [-0.4, -0.2) is 20.1 Å². The summed E-state index contributed by atoms with van der Waals surface area (Å²) in [6.07, 6.45) is 3.02. The number of halogens is 3. The number of aromatic amines is 2. The first-order chi connectivity index (χ1) is 22.3. The van der Waals surface area contributed by atoms with Crippen LogP contribution in [0.15, 0.2) is 91.0 Å². The highest BCUT2D eigenvalue weighted by molar-refractivity contribution is 5.97. The van der Waals surface area contributed by atoms with E-state index < -0.39 is 17.8 Å². The Bertz CT molecular complexity index is 1910. The zero-order chi connectivity index (χ0) is 32.1. The van der Waals surface area contributed by atoms with Gasteiger partial charge in [-0.2, -0.15) is 13.2 Å². The number of nitrogens with one attached hydrogen (secondary N) is 2. The number of para-hydroxylation sites is 1. The van der Waals surface area contributed by atoms with Crippen LogP contribution in [0, 0.1) is 0 Å². The Balaban J connectivity index is 1.23. The lowest BCUT2D eigenvalue weighted by Gasteiger charge is -2.12. The van der Waals surface area contributed by atoms with Crippen molar-refractivity contribution in [3.63, 3.8) is 0 Å². The molecule has 2 aromatic heterocycles. The molecule has 0 saturated carbocycles. The van der Waals surface area contributed by atoms with Gasteiger partial charge >= 0.3 is 6.18 Å². The van der Waals surface area contributed by atoms with Crippen LogP contribution in [0.25, 0.3) is 44.5 Å². The molecular weight excluding hydrogens is 587 g/mol. The van der Waals surface area contributed by atoms with Gasteiger partial charge in [-0.1, -0.05) is 87.9 Å².